The van der Waals surface area contributed by atoms with Gasteiger partial charge in [-0.15, -0.1) is 0 Å². The van der Waals surface area contributed by atoms with Crippen molar-refractivity contribution in [3.05, 3.63) is 58.4 Å². The van der Waals surface area contributed by atoms with Gasteiger partial charge in [0.05, 0.1) is 11.1 Å². The Kier molecular flexibility index (Phi) is 4.08. The van der Waals surface area contributed by atoms with Crippen LogP contribution in [0, 0.1) is 12.7 Å². The molecule has 0 aromatic heterocycles. The number of hydrogen-bond donors (Lipinski definition) is 1. The van der Waals surface area contributed by atoms with E-state index in [1.807, 2.05) is 0 Å². The first-order valence-corrected chi connectivity index (χ1v) is 6.27. The normalized spacial score (nSPS) is 12.3. The van der Waals surface area contributed by atoms with Crippen molar-refractivity contribution >= 4 is 11.6 Å². The molecule has 0 aliphatic heterocycles. The zero-order valence-electron chi connectivity index (χ0n) is 10.7. The molecular weight excluding hydrogens is 267 g/mol. The minimum Gasteiger partial charge on any atom is -0.455 e. The Labute approximate surface area is 116 Å². The molecule has 2 nitrogen and oxygen atoms in total. The maximum atomic E-state index is 13.5. The Morgan fingerprint density at radius 1 is 1.21 bits per heavy atom. The highest BCUT2D eigenvalue weighted by molar-refractivity contribution is 6.32. The van der Waals surface area contributed by atoms with Crippen LogP contribution < -0.4 is 4.74 Å². The van der Waals surface area contributed by atoms with Crippen molar-refractivity contribution in [2.45, 2.75) is 20.0 Å². The Balaban J connectivity index is 2.45. The third-order valence-electron chi connectivity index (χ3n) is 2.80. The summed E-state index contributed by atoms with van der Waals surface area (Å²) in [4.78, 5) is 0. The summed E-state index contributed by atoms with van der Waals surface area (Å²) in [5.74, 6) is 0.501. The molecule has 0 fully saturated rings. The van der Waals surface area contributed by atoms with Gasteiger partial charge in [0.25, 0.3) is 0 Å². The fourth-order valence-corrected chi connectivity index (χ4v) is 1.91. The van der Waals surface area contributed by atoms with Crippen LogP contribution in [0.15, 0.2) is 36.4 Å². The Morgan fingerprint density at radius 2 is 1.89 bits per heavy atom. The first kappa shape index (κ1) is 13.8. The van der Waals surface area contributed by atoms with Crippen LogP contribution in [0.2, 0.25) is 5.02 Å². The summed E-state index contributed by atoms with van der Waals surface area (Å²) in [6, 6.07) is 9.84. The molecule has 1 atom stereocenters. The predicted octanol–water partition coefficient (Wildman–Crippen LogP) is 4.63. The second-order valence-corrected chi connectivity index (χ2v) is 4.75. The third-order valence-corrected chi connectivity index (χ3v) is 3.11. The molecule has 100 valence electrons. The molecule has 0 radical (unpaired) electrons. The molecule has 4 heteroatoms. The number of aliphatic hydroxyl groups excluding tert-OH is 1. The lowest BCUT2D eigenvalue weighted by Gasteiger charge is -2.15. The van der Waals surface area contributed by atoms with Crippen LogP contribution >= 0.6 is 11.6 Å². The SMILES string of the molecule is Cc1cc(Oc2ccccc2Cl)c([C@@H](C)O)cc1F. The fourth-order valence-electron chi connectivity index (χ4n) is 1.73. The topological polar surface area (TPSA) is 29.5 Å². The van der Waals surface area contributed by atoms with Gasteiger partial charge in [-0.2, -0.15) is 0 Å². The van der Waals surface area contributed by atoms with Crippen molar-refractivity contribution in [1.82, 2.24) is 0 Å². The van der Waals surface area contributed by atoms with E-state index < -0.39 is 6.10 Å². The number of rotatable bonds is 3. The highest BCUT2D eigenvalue weighted by Gasteiger charge is 2.14. The second-order valence-electron chi connectivity index (χ2n) is 4.35. The second kappa shape index (κ2) is 5.59. The predicted molar refractivity (Wildman–Crippen MR) is 73.3 cm³/mol. The van der Waals surface area contributed by atoms with Gasteiger partial charge < -0.3 is 9.84 Å². The minimum absolute atomic E-state index is 0.373. The molecule has 0 unspecified atom stereocenters. The van der Waals surface area contributed by atoms with Crippen molar-refractivity contribution in [2.75, 3.05) is 0 Å². The summed E-state index contributed by atoms with van der Waals surface area (Å²) in [5.41, 5.74) is 0.842. The molecule has 0 aliphatic carbocycles. The average Bonchev–Trinajstić information content (AvgIpc) is 2.36. The molecule has 0 amide bonds. The molecule has 0 saturated carbocycles. The zero-order chi connectivity index (χ0) is 14.0. The molecule has 0 saturated heterocycles. The van der Waals surface area contributed by atoms with Gasteiger partial charge in [0.2, 0.25) is 0 Å². The molecule has 2 aromatic carbocycles. The number of halogens is 2. The molecule has 0 aliphatic rings. The van der Waals surface area contributed by atoms with E-state index in [0.717, 1.165) is 0 Å². The van der Waals surface area contributed by atoms with E-state index in [-0.39, 0.29) is 5.82 Å². The summed E-state index contributed by atoms with van der Waals surface area (Å²) in [5, 5.41) is 10.1. The number of benzene rings is 2. The van der Waals surface area contributed by atoms with Crippen LogP contribution in [0.3, 0.4) is 0 Å². The number of hydrogen-bond acceptors (Lipinski definition) is 2. The Bertz CT molecular complexity index is 597. The first-order valence-electron chi connectivity index (χ1n) is 5.89. The largest absolute Gasteiger partial charge is 0.455 e. The van der Waals surface area contributed by atoms with Gasteiger partial charge in [0, 0.05) is 5.56 Å². The van der Waals surface area contributed by atoms with E-state index in [2.05, 4.69) is 0 Å². The molecule has 0 spiro atoms. The van der Waals surface area contributed by atoms with Crippen LogP contribution in [0.4, 0.5) is 4.39 Å². The number of aliphatic hydroxyl groups is 1. The van der Waals surface area contributed by atoms with Crippen LogP contribution in [-0.2, 0) is 0 Å². The molecule has 19 heavy (non-hydrogen) atoms. The van der Waals surface area contributed by atoms with E-state index in [0.29, 0.717) is 27.6 Å². The quantitative estimate of drug-likeness (QED) is 0.888. The molecule has 2 aromatic rings. The molecule has 2 rings (SSSR count). The first-order chi connectivity index (χ1) is 8.99. The van der Waals surface area contributed by atoms with Crippen LogP contribution in [0.25, 0.3) is 0 Å². The van der Waals surface area contributed by atoms with Crippen molar-refractivity contribution in [3.63, 3.8) is 0 Å². The zero-order valence-corrected chi connectivity index (χ0v) is 11.4. The highest BCUT2D eigenvalue weighted by Crippen LogP contribution is 2.34. The summed E-state index contributed by atoms with van der Waals surface area (Å²) in [6.45, 7) is 3.20. The maximum Gasteiger partial charge on any atom is 0.146 e. The summed E-state index contributed by atoms with van der Waals surface area (Å²) >= 11 is 6.02. The van der Waals surface area contributed by atoms with Gasteiger partial charge >= 0.3 is 0 Å². The molecular formula is C15H14ClFO2. The Morgan fingerprint density at radius 3 is 2.53 bits per heavy atom. The number of ether oxygens (including phenoxy) is 1. The average molecular weight is 281 g/mol. The van der Waals surface area contributed by atoms with E-state index in [4.69, 9.17) is 16.3 Å². The van der Waals surface area contributed by atoms with E-state index in [1.165, 1.54) is 6.07 Å². The van der Waals surface area contributed by atoms with Gasteiger partial charge in [-0.3, -0.25) is 0 Å². The van der Waals surface area contributed by atoms with Crippen molar-refractivity contribution < 1.29 is 14.2 Å². The smallest absolute Gasteiger partial charge is 0.146 e. The highest BCUT2D eigenvalue weighted by atomic mass is 35.5. The standard InChI is InChI=1S/C15H14ClFO2/c1-9-7-15(11(10(2)18)8-13(9)17)19-14-6-4-3-5-12(14)16/h3-8,10,18H,1-2H3/t10-/m1/s1. The van der Waals surface area contributed by atoms with Crippen LogP contribution in [-0.4, -0.2) is 5.11 Å². The number of para-hydroxylation sites is 1. The molecule has 1 N–H and O–H groups in total. The fraction of sp³-hybridized carbons (Fsp3) is 0.200. The van der Waals surface area contributed by atoms with Gasteiger partial charge in [-0.1, -0.05) is 23.7 Å². The lowest BCUT2D eigenvalue weighted by Crippen LogP contribution is -1.99. The van der Waals surface area contributed by atoms with Crippen LogP contribution in [0.5, 0.6) is 11.5 Å². The summed E-state index contributed by atoms with van der Waals surface area (Å²) < 4.78 is 19.2. The minimum atomic E-state index is -0.826. The van der Waals surface area contributed by atoms with Crippen LogP contribution in [0.1, 0.15) is 24.2 Å². The monoisotopic (exact) mass is 280 g/mol. The third kappa shape index (κ3) is 3.06. The van der Waals surface area contributed by atoms with E-state index >= 15 is 0 Å². The summed E-state index contributed by atoms with van der Waals surface area (Å²) in [6.07, 6.45) is -0.826. The maximum absolute atomic E-state index is 13.5. The van der Waals surface area contributed by atoms with Crippen molar-refractivity contribution in [2.24, 2.45) is 0 Å². The van der Waals surface area contributed by atoms with Crippen molar-refractivity contribution in [1.29, 1.82) is 0 Å². The van der Waals surface area contributed by atoms with Gasteiger partial charge in [0.15, 0.2) is 0 Å². The Hall–Kier alpha value is -1.58. The van der Waals surface area contributed by atoms with Gasteiger partial charge in [-0.25, -0.2) is 4.39 Å². The van der Waals surface area contributed by atoms with E-state index in [1.54, 1.807) is 44.2 Å². The lowest BCUT2D eigenvalue weighted by atomic mass is 10.1. The summed E-state index contributed by atoms with van der Waals surface area (Å²) in [7, 11) is 0. The lowest BCUT2D eigenvalue weighted by molar-refractivity contribution is 0.195. The molecule has 0 heterocycles. The molecule has 0 bridgehead atoms. The van der Waals surface area contributed by atoms with Crippen molar-refractivity contribution in [3.8, 4) is 11.5 Å². The van der Waals surface area contributed by atoms with Gasteiger partial charge in [-0.05, 0) is 43.7 Å². The van der Waals surface area contributed by atoms with Gasteiger partial charge in [0.1, 0.15) is 17.3 Å². The number of aryl methyl sites for hydroxylation is 1. The van der Waals surface area contributed by atoms with E-state index in [9.17, 15) is 9.50 Å².